The summed E-state index contributed by atoms with van der Waals surface area (Å²) in [5.41, 5.74) is 15.6. The number of aromatic nitrogens is 2. The Balaban J connectivity index is 1.07. The molecular formula is C50H31N3. The summed E-state index contributed by atoms with van der Waals surface area (Å²) < 4.78 is 2.40. The van der Waals surface area contributed by atoms with Gasteiger partial charge in [0.1, 0.15) is 0 Å². The van der Waals surface area contributed by atoms with Gasteiger partial charge in [0, 0.05) is 28.9 Å². The van der Waals surface area contributed by atoms with E-state index in [1.807, 2.05) is 36.5 Å². The van der Waals surface area contributed by atoms with Crippen molar-refractivity contribution >= 4 is 32.6 Å². The number of hydrogen-bond acceptors (Lipinski definition) is 2. The third kappa shape index (κ3) is 5.33. The predicted octanol–water partition coefficient (Wildman–Crippen LogP) is 13.0. The average Bonchev–Trinajstić information content (AvgIpc) is 3.58. The molecule has 0 aliphatic rings. The summed E-state index contributed by atoms with van der Waals surface area (Å²) in [7, 11) is 0. The number of nitriles is 1. The molecule has 0 aliphatic heterocycles. The first-order valence-corrected chi connectivity index (χ1v) is 17.8. The summed E-state index contributed by atoms with van der Waals surface area (Å²) in [6.07, 6.45) is 3.69. The Bertz CT molecular complexity index is 2950. The zero-order valence-corrected chi connectivity index (χ0v) is 28.7. The molecule has 3 nitrogen and oxygen atoms in total. The second-order valence-electron chi connectivity index (χ2n) is 13.6. The highest BCUT2D eigenvalue weighted by molar-refractivity contribution is 6.25. The van der Waals surface area contributed by atoms with E-state index >= 15 is 0 Å². The minimum Gasteiger partial charge on any atom is -0.309 e. The monoisotopic (exact) mass is 673 g/mol. The smallest absolute Gasteiger partial charge is 0.0991 e. The molecule has 0 radical (unpaired) electrons. The van der Waals surface area contributed by atoms with Crippen molar-refractivity contribution in [1.82, 2.24) is 9.55 Å². The Kier molecular flexibility index (Phi) is 7.20. The number of nitrogens with zero attached hydrogens (tertiary/aromatic N) is 3. The van der Waals surface area contributed by atoms with Crippen LogP contribution in [0.4, 0.5) is 0 Å². The van der Waals surface area contributed by atoms with E-state index in [0.717, 1.165) is 50.2 Å². The van der Waals surface area contributed by atoms with Crippen LogP contribution in [0.15, 0.2) is 188 Å². The molecule has 0 atom stereocenters. The van der Waals surface area contributed by atoms with Gasteiger partial charge in [-0.2, -0.15) is 5.26 Å². The molecule has 0 bridgehead atoms. The van der Waals surface area contributed by atoms with Crippen molar-refractivity contribution in [1.29, 1.82) is 5.26 Å². The first kappa shape index (κ1) is 30.5. The molecule has 10 rings (SSSR count). The molecule has 0 unspecified atom stereocenters. The number of benzene rings is 8. The van der Waals surface area contributed by atoms with Gasteiger partial charge in [-0.25, -0.2) is 0 Å². The molecule has 0 saturated heterocycles. The van der Waals surface area contributed by atoms with E-state index in [1.54, 1.807) is 6.20 Å². The fourth-order valence-electron chi connectivity index (χ4n) is 7.82. The zero-order valence-electron chi connectivity index (χ0n) is 28.7. The minimum atomic E-state index is 0.652. The molecule has 0 fully saturated rings. The van der Waals surface area contributed by atoms with Crippen molar-refractivity contribution < 1.29 is 0 Å². The highest BCUT2D eigenvalue weighted by Gasteiger charge is 2.18. The molecule has 3 heteroatoms. The van der Waals surface area contributed by atoms with E-state index in [9.17, 15) is 5.26 Å². The number of pyridine rings is 1. The molecule has 0 aliphatic carbocycles. The van der Waals surface area contributed by atoms with Crippen molar-refractivity contribution in [2.45, 2.75) is 0 Å². The minimum absolute atomic E-state index is 0.652. The van der Waals surface area contributed by atoms with Crippen LogP contribution in [-0.4, -0.2) is 9.55 Å². The summed E-state index contributed by atoms with van der Waals surface area (Å²) in [6.45, 7) is 0. The van der Waals surface area contributed by atoms with Crippen LogP contribution in [0.2, 0.25) is 0 Å². The maximum absolute atomic E-state index is 9.42. The molecular weight excluding hydrogens is 643 g/mol. The van der Waals surface area contributed by atoms with Gasteiger partial charge < -0.3 is 4.57 Å². The van der Waals surface area contributed by atoms with Crippen LogP contribution in [0.3, 0.4) is 0 Å². The molecule has 0 saturated carbocycles. The number of rotatable bonds is 6. The third-order valence-corrected chi connectivity index (χ3v) is 10.5. The lowest BCUT2D eigenvalue weighted by Gasteiger charge is -2.13. The van der Waals surface area contributed by atoms with Crippen LogP contribution >= 0.6 is 0 Å². The van der Waals surface area contributed by atoms with Crippen LogP contribution < -0.4 is 0 Å². The standard InChI is InChI=1S/C50H31N3/c51-31-33-11-13-35(14-12-33)42-27-43(36-17-15-34(16-18-36)41-7-5-25-52-32-41)29-44(28-42)37-19-21-38(22-20-37)45-26-40-24-23-39-6-4-10-47-49(39)50(40)48(30-45)53(47)46-8-2-1-3-9-46/h1-30,32H. The van der Waals surface area contributed by atoms with E-state index in [1.165, 1.54) is 43.7 Å². The maximum atomic E-state index is 9.42. The highest BCUT2D eigenvalue weighted by atomic mass is 15.0. The number of para-hydroxylation sites is 1. The summed E-state index contributed by atoms with van der Waals surface area (Å²) in [4.78, 5) is 4.29. The van der Waals surface area contributed by atoms with Gasteiger partial charge in [0.15, 0.2) is 0 Å². The second-order valence-corrected chi connectivity index (χ2v) is 13.6. The van der Waals surface area contributed by atoms with Gasteiger partial charge in [0.05, 0.1) is 22.7 Å². The largest absolute Gasteiger partial charge is 0.309 e. The molecule has 10 aromatic rings. The van der Waals surface area contributed by atoms with Crippen molar-refractivity contribution in [3.8, 4) is 67.4 Å². The first-order chi connectivity index (χ1) is 26.2. The Morgan fingerprint density at radius 3 is 1.53 bits per heavy atom. The van der Waals surface area contributed by atoms with Crippen molar-refractivity contribution in [3.05, 3.63) is 194 Å². The van der Waals surface area contributed by atoms with Crippen molar-refractivity contribution in [2.75, 3.05) is 0 Å². The lowest BCUT2D eigenvalue weighted by Crippen LogP contribution is -1.93. The van der Waals surface area contributed by atoms with E-state index in [0.29, 0.717) is 5.56 Å². The first-order valence-electron chi connectivity index (χ1n) is 17.8. The van der Waals surface area contributed by atoms with E-state index in [-0.39, 0.29) is 0 Å². The number of hydrogen-bond donors (Lipinski definition) is 0. The summed E-state index contributed by atoms with van der Waals surface area (Å²) in [5.74, 6) is 0. The molecule has 2 aromatic heterocycles. The highest BCUT2D eigenvalue weighted by Crippen LogP contribution is 2.42. The molecule has 8 aromatic carbocycles. The predicted molar refractivity (Wildman–Crippen MR) is 219 cm³/mol. The van der Waals surface area contributed by atoms with Crippen LogP contribution in [-0.2, 0) is 0 Å². The Morgan fingerprint density at radius 2 is 0.943 bits per heavy atom. The average molecular weight is 674 g/mol. The fraction of sp³-hybridized carbons (Fsp3) is 0. The van der Waals surface area contributed by atoms with Crippen LogP contribution in [0, 0.1) is 11.3 Å². The SMILES string of the molecule is N#Cc1ccc(-c2cc(-c3ccc(-c4cccnc4)cc3)cc(-c3ccc(-c4cc5ccc6cccc7c6c5c(c4)n7-c4ccccc4)cc3)c2)cc1. The maximum Gasteiger partial charge on any atom is 0.0991 e. The van der Waals surface area contributed by atoms with E-state index in [4.69, 9.17) is 0 Å². The Hall–Kier alpha value is -7.28. The molecule has 53 heavy (non-hydrogen) atoms. The van der Waals surface area contributed by atoms with Crippen LogP contribution in [0.5, 0.6) is 0 Å². The van der Waals surface area contributed by atoms with E-state index < -0.39 is 0 Å². The molecule has 0 spiro atoms. The molecule has 0 N–H and O–H groups in total. The lowest BCUT2D eigenvalue weighted by molar-refractivity contribution is 1.18. The topological polar surface area (TPSA) is 41.6 Å². The lowest BCUT2D eigenvalue weighted by atomic mass is 9.91. The fourth-order valence-corrected chi connectivity index (χ4v) is 7.82. The van der Waals surface area contributed by atoms with Gasteiger partial charge in [-0.05, 0) is 133 Å². The van der Waals surface area contributed by atoms with Crippen LogP contribution in [0.25, 0.3) is 93.9 Å². The van der Waals surface area contributed by atoms with E-state index in [2.05, 4.69) is 161 Å². The third-order valence-electron chi connectivity index (χ3n) is 10.5. The molecule has 246 valence electrons. The zero-order chi connectivity index (χ0) is 35.3. The molecule has 2 heterocycles. The summed E-state index contributed by atoms with van der Waals surface area (Å²) in [5, 5.41) is 14.5. The van der Waals surface area contributed by atoms with Gasteiger partial charge >= 0.3 is 0 Å². The summed E-state index contributed by atoms with van der Waals surface area (Å²) >= 11 is 0. The Morgan fingerprint density at radius 1 is 0.396 bits per heavy atom. The van der Waals surface area contributed by atoms with Crippen molar-refractivity contribution in [3.63, 3.8) is 0 Å². The normalized spacial score (nSPS) is 11.4. The van der Waals surface area contributed by atoms with Gasteiger partial charge in [-0.15, -0.1) is 0 Å². The van der Waals surface area contributed by atoms with Crippen molar-refractivity contribution in [2.24, 2.45) is 0 Å². The van der Waals surface area contributed by atoms with Gasteiger partial charge in [0.25, 0.3) is 0 Å². The van der Waals surface area contributed by atoms with Gasteiger partial charge in [-0.3, -0.25) is 4.98 Å². The molecule has 0 amide bonds. The summed E-state index contributed by atoms with van der Waals surface area (Å²) in [6, 6.07) is 65.0. The van der Waals surface area contributed by atoms with Gasteiger partial charge in [0.2, 0.25) is 0 Å². The second kappa shape index (κ2) is 12.5. The quantitative estimate of drug-likeness (QED) is 0.165. The van der Waals surface area contributed by atoms with Crippen LogP contribution in [0.1, 0.15) is 5.56 Å². The van der Waals surface area contributed by atoms with Gasteiger partial charge in [-0.1, -0.05) is 109 Å². The Labute approximate surface area is 307 Å².